The summed E-state index contributed by atoms with van der Waals surface area (Å²) in [5, 5.41) is 21.2. The molecular formula is C36H44N2O6. The summed E-state index contributed by atoms with van der Waals surface area (Å²) in [4.78, 5) is 25.5. The minimum atomic E-state index is -0.985. The Morgan fingerprint density at radius 3 is 2.20 bits per heavy atom. The number of nitrogens with one attached hydrogen (secondary N) is 1. The highest BCUT2D eigenvalue weighted by atomic mass is 16.7. The van der Waals surface area contributed by atoms with Crippen LogP contribution in [0.2, 0.25) is 0 Å². The van der Waals surface area contributed by atoms with Gasteiger partial charge in [-0.1, -0.05) is 92.1 Å². The van der Waals surface area contributed by atoms with Crippen molar-refractivity contribution < 1.29 is 29.3 Å². The molecule has 2 heterocycles. The van der Waals surface area contributed by atoms with Crippen molar-refractivity contribution in [2.75, 3.05) is 19.6 Å². The van der Waals surface area contributed by atoms with Gasteiger partial charge in [-0.25, -0.2) is 0 Å². The van der Waals surface area contributed by atoms with E-state index in [0.29, 0.717) is 6.54 Å². The van der Waals surface area contributed by atoms with Gasteiger partial charge in [-0.15, -0.1) is 0 Å². The molecule has 0 saturated carbocycles. The van der Waals surface area contributed by atoms with Crippen LogP contribution in [0.4, 0.5) is 0 Å². The first kappa shape index (κ1) is 31.9. The molecule has 0 spiro atoms. The summed E-state index contributed by atoms with van der Waals surface area (Å²) in [5.74, 6) is -1.27. The van der Waals surface area contributed by atoms with E-state index in [2.05, 4.69) is 22.3 Å². The quantitative estimate of drug-likeness (QED) is 0.243. The third-order valence-corrected chi connectivity index (χ3v) is 8.58. The van der Waals surface area contributed by atoms with Crippen LogP contribution in [-0.2, 0) is 32.2 Å². The van der Waals surface area contributed by atoms with Gasteiger partial charge in [-0.05, 0) is 53.7 Å². The molecule has 2 aliphatic rings. The van der Waals surface area contributed by atoms with Gasteiger partial charge in [0.25, 0.3) is 0 Å². The van der Waals surface area contributed by atoms with Crippen molar-refractivity contribution in [1.29, 1.82) is 0 Å². The zero-order chi connectivity index (χ0) is 30.7. The minimum absolute atomic E-state index is 0.0156. The molecule has 0 aromatic heterocycles. The van der Waals surface area contributed by atoms with Crippen LogP contribution in [0, 0.1) is 0 Å². The fourth-order valence-corrected chi connectivity index (χ4v) is 6.10. The first-order valence-corrected chi connectivity index (χ1v) is 15.9. The molecule has 0 bridgehead atoms. The Hall–Kier alpha value is -3.56. The van der Waals surface area contributed by atoms with Gasteiger partial charge in [0, 0.05) is 31.5 Å². The molecule has 5 rings (SSSR count). The first-order chi connectivity index (χ1) is 21.5. The number of nitrogens with zero attached hydrogens (tertiary/aromatic N) is 1. The van der Waals surface area contributed by atoms with E-state index >= 15 is 0 Å². The van der Waals surface area contributed by atoms with Crippen molar-refractivity contribution in [3.05, 3.63) is 95.1 Å². The number of hydrogen-bond acceptors (Lipinski definition) is 6. The Morgan fingerprint density at radius 2 is 1.50 bits per heavy atom. The van der Waals surface area contributed by atoms with Crippen molar-refractivity contribution in [3.8, 4) is 11.1 Å². The summed E-state index contributed by atoms with van der Waals surface area (Å²) in [6.07, 6.45) is 6.32. The average Bonchev–Trinajstić information content (AvgIpc) is 3.04. The molecule has 1 amide bonds. The van der Waals surface area contributed by atoms with Gasteiger partial charge >= 0.3 is 5.97 Å². The summed E-state index contributed by atoms with van der Waals surface area (Å²) < 4.78 is 13.2. The summed E-state index contributed by atoms with van der Waals surface area (Å²) in [6, 6.07) is 24.1. The van der Waals surface area contributed by atoms with E-state index in [1.54, 1.807) is 0 Å². The highest BCUT2D eigenvalue weighted by Gasteiger charge is 2.33. The van der Waals surface area contributed by atoms with E-state index in [-0.39, 0.29) is 37.6 Å². The number of amides is 1. The molecule has 3 aromatic rings. The van der Waals surface area contributed by atoms with Gasteiger partial charge in [0.15, 0.2) is 6.29 Å². The Labute approximate surface area is 260 Å². The van der Waals surface area contributed by atoms with Crippen LogP contribution in [0.25, 0.3) is 11.1 Å². The van der Waals surface area contributed by atoms with E-state index in [0.717, 1.165) is 59.4 Å². The van der Waals surface area contributed by atoms with Gasteiger partial charge in [0.1, 0.15) is 0 Å². The van der Waals surface area contributed by atoms with Gasteiger partial charge in [0.2, 0.25) is 5.91 Å². The van der Waals surface area contributed by atoms with E-state index in [1.165, 1.54) is 32.1 Å². The maximum Gasteiger partial charge on any atom is 0.303 e. The Morgan fingerprint density at radius 1 is 0.818 bits per heavy atom. The molecule has 44 heavy (non-hydrogen) atoms. The number of carboxylic acids is 1. The largest absolute Gasteiger partial charge is 0.481 e. The second-order valence-corrected chi connectivity index (χ2v) is 11.9. The third kappa shape index (κ3) is 8.99. The van der Waals surface area contributed by atoms with Crippen LogP contribution >= 0.6 is 0 Å². The van der Waals surface area contributed by atoms with Crippen LogP contribution in [0.5, 0.6) is 0 Å². The molecule has 3 unspecified atom stereocenters. The molecule has 2 saturated heterocycles. The van der Waals surface area contributed by atoms with Gasteiger partial charge in [-0.3, -0.25) is 9.59 Å². The van der Waals surface area contributed by atoms with Crippen molar-refractivity contribution in [2.24, 2.45) is 0 Å². The lowest BCUT2D eigenvalue weighted by molar-refractivity contribution is -0.253. The molecular weight excluding hydrogens is 556 g/mol. The molecule has 2 aliphatic heterocycles. The van der Waals surface area contributed by atoms with Gasteiger partial charge in [0.05, 0.1) is 25.2 Å². The highest BCUT2D eigenvalue weighted by molar-refractivity contribution is 5.80. The zero-order valence-corrected chi connectivity index (χ0v) is 25.3. The second kappa shape index (κ2) is 16.0. The maximum atomic E-state index is 12.1. The SMILES string of the molecule is O=C(O)CCC(=O)NCc1ccccc1-c1ccc(C2OC(CN3CCCCCCC3)CC(c3ccc(CO)cc3)O2)cc1. The van der Waals surface area contributed by atoms with E-state index in [4.69, 9.17) is 14.6 Å². The highest BCUT2D eigenvalue weighted by Crippen LogP contribution is 2.39. The number of rotatable bonds is 11. The number of hydrogen-bond donors (Lipinski definition) is 3. The van der Waals surface area contributed by atoms with Gasteiger partial charge in [-0.2, -0.15) is 0 Å². The summed E-state index contributed by atoms with van der Waals surface area (Å²) in [7, 11) is 0. The van der Waals surface area contributed by atoms with Crippen molar-refractivity contribution in [1.82, 2.24) is 10.2 Å². The summed E-state index contributed by atoms with van der Waals surface area (Å²) in [5.41, 5.74) is 5.87. The number of likely N-dealkylation sites (tertiary alicyclic amines) is 1. The zero-order valence-electron chi connectivity index (χ0n) is 25.3. The van der Waals surface area contributed by atoms with Crippen molar-refractivity contribution in [3.63, 3.8) is 0 Å². The van der Waals surface area contributed by atoms with Crippen LogP contribution in [0.1, 0.15) is 86.0 Å². The van der Waals surface area contributed by atoms with E-state index < -0.39 is 12.3 Å². The molecule has 234 valence electrons. The standard InChI is InChI=1S/C36H44N2O6/c39-25-26-10-12-28(13-11-26)33-22-31(24-38-20-6-2-1-3-7-21-38)43-36(44-33)29-16-14-27(15-17-29)32-9-5-4-8-30(32)23-37-34(40)18-19-35(41)42/h4-5,8-17,31,33,36,39H,1-3,6-7,18-25H2,(H,37,40)(H,41,42). The second-order valence-electron chi connectivity index (χ2n) is 11.9. The number of carboxylic acid groups (broad SMARTS) is 1. The molecule has 0 radical (unpaired) electrons. The number of ether oxygens (including phenoxy) is 2. The van der Waals surface area contributed by atoms with Crippen LogP contribution in [0.15, 0.2) is 72.8 Å². The van der Waals surface area contributed by atoms with Gasteiger partial charge < -0.3 is 29.9 Å². The third-order valence-electron chi connectivity index (χ3n) is 8.58. The van der Waals surface area contributed by atoms with Crippen LogP contribution in [-0.4, -0.2) is 52.7 Å². The fraction of sp³-hybridized carbons (Fsp3) is 0.444. The number of carbonyl (C=O) groups is 2. The molecule has 3 N–H and O–H groups in total. The Bertz CT molecular complexity index is 1350. The first-order valence-electron chi connectivity index (χ1n) is 15.9. The molecule has 0 aliphatic carbocycles. The lowest BCUT2D eigenvalue weighted by atomic mass is 9.97. The minimum Gasteiger partial charge on any atom is -0.481 e. The Kier molecular flexibility index (Phi) is 11.5. The predicted molar refractivity (Wildman–Crippen MR) is 169 cm³/mol. The fourth-order valence-electron chi connectivity index (χ4n) is 6.10. The number of aliphatic hydroxyl groups is 1. The van der Waals surface area contributed by atoms with Crippen molar-refractivity contribution >= 4 is 11.9 Å². The Balaban J connectivity index is 1.31. The number of carbonyl (C=O) groups excluding carboxylic acids is 1. The smallest absolute Gasteiger partial charge is 0.303 e. The summed E-state index contributed by atoms with van der Waals surface area (Å²) in [6.45, 7) is 3.43. The number of aliphatic hydroxyl groups excluding tert-OH is 1. The number of benzene rings is 3. The summed E-state index contributed by atoms with van der Waals surface area (Å²) >= 11 is 0. The number of aliphatic carboxylic acids is 1. The van der Waals surface area contributed by atoms with Crippen molar-refractivity contribution in [2.45, 2.75) is 83.0 Å². The molecule has 3 atom stereocenters. The molecule has 2 fully saturated rings. The molecule has 8 heteroatoms. The predicted octanol–water partition coefficient (Wildman–Crippen LogP) is 6.14. The lowest BCUT2D eigenvalue weighted by Gasteiger charge is -2.39. The molecule has 3 aromatic carbocycles. The topological polar surface area (TPSA) is 108 Å². The average molecular weight is 601 g/mol. The monoisotopic (exact) mass is 600 g/mol. The van der Waals surface area contributed by atoms with E-state index in [9.17, 15) is 14.7 Å². The van der Waals surface area contributed by atoms with Crippen LogP contribution in [0.3, 0.4) is 0 Å². The molecule has 8 nitrogen and oxygen atoms in total. The van der Waals surface area contributed by atoms with Crippen LogP contribution < -0.4 is 5.32 Å². The lowest BCUT2D eigenvalue weighted by Crippen LogP contribution is -2.40. The normalized spacial score (nSPS) is 21.2. The maximum absolute atomic E-state index is 12.1. The van der Waals surface area contributed by atoms with E-state index in [1.807, 2.05) is 60.7 Å².